The Bertz CT molecular complexity index is 6900. The lowest BCUT2D eigenvalue weighted by atomic mass is 9.44. The summed E-state index contributed by atoms with van der Waals surface area (Å²) in [5.41, 5.74) is 4.27. The molecule has 2 heteroatoms. The zero-order valence-corrected chi connectivity index (χ0v) is 33.2. The van der Waals surface area contributed by atoms with E-state index in [0.717, 1.165) is 0 Å². The van der Waals surface area contributed by atoms with Crippen LogP contribution in [0.4, 0.5) is 0 Å². The van der Waals surface area contributed by atoms with Crippen LogP contribution in [0.25, 0.3) is 291 Å². The number of hydrogen-bond acceptors (Lipinski definition) is 2. The third-order valence-electron chi connectivity index (χ3n) is 24.8. The van der Waals surface area contributed by atoms with Crippen molar-refractivity contribution in [3.8, 4) is 0 Å². The average molecular weight is 807 g/mol. The Balaban J connectivity index is 1.27. The van der Waals surface area contributed by atoms with Crippen molar-refractivity contribution in [1.82, 2.24) is 0 Å². The molecule has 0 saturated carbocycles. The molecule has 28 aromatic rings. The first-order valence-electron chi connectivity index (χ1n) is 24.6. The van der Waals surface area contributed by atoms with E-state index in [-0.39, 0.29) is 0 Å². The van der Waals surface area contributed by atoms with Gasteiger partial charge < -0.3 is 10.2 Å². The first-order chi connectivity index (χ1) is 32.8. The van der Waals surface area contributed by atoms with Crippen LogP contribution in [0.15, 0.2) is 12.2 Å². The molecule has 5 aliphatic carbocycles. The third kappa shape index (κ3) is 1.17. The van der Waals surface area contributed by atoms with Crippen molar-refractivity contribution in [2.45, 2.75) is 23.0 Å². The molecule has 2 spiro atoms. The molecule has 28 aromatic carbocycles. The summed E-state index contributed by atoms with van der Waals surface area (Å²) in [6.45, 7) is 0. The number of benzene rings is 18. The molecule has 2 atom stereocenters. The topological polar surface area (TPSA) is 40.5 Å². The summed E-state index contributed by atoms with van der Waals surface area (Å²) in [6.07, 6.45) is 2.64. The number of allylic oxidation sites excluding steroid dienone is 1. The Labute approximate surface area is 356 Å². The zero-order chi connectivity index (χ0) is 39.1. The average Bonchev–Trinajstić information content (AvgIpc) is 4.18. The highest BCUT2D eigenvalue weighted by Gasteiger charge is 2.73. The van der Waals surface area contributed by atoms with E-state index < -0.39 is 23.0 Å². The minimum atomic E-state index is -1.00. The van der Waals surface area contributed by atoms with Gasteiger partial charge in [0.2, 0.25) is 0 Å². The van der Waals surface area contributed by atoms with E-state index in [1.54, 1.807) is 226 Å². The van der Waals surface area contributed by atoms with Crippen molar-refractivity contribution in [2.24, 2.45) is 0 Å². The smallest absolute Gasteiger partial charge is 0.0993 e. The van der Waals surface area contributed by atoms with Gasteiger partial charge in [0.25, 0.3) is 0 Å². The third-order valence-corrected chi connectivity index (χ3v) is 24.8. The predicted molar refractivity (Wildman–Crippen MR) is 275 cm³/mol. The Morgan fingerprint density at radius 3 is 0.545 bits per heavy atom. The van der Waals surface area contributed by atoms with Crippen molar-refractivity contribution < 1.29 is 10.2 Å². The van der Waals surface area contributed by atoms with E-state index >= 15 is 0 Å². The minimum absolute atomic E-state index is 0.656. The second-order valence-electron chi connectivity index (χ2n) is 24.7. The van der Waals surface area contributed by atoms with Gasteiger partial charge in [0, 0.05) is 0 Å². The summed E-state index contributed by atoms with van der Waals surface area (Å²) in [5.74, 6) is 0. The Hall–Kier alpha value is -7.88. The van der Waals surface area contributed by atoms with Gasteiger partial charge in [0.15, 0.2) is 0 Å². The molecular formula is C64H6O2. The first kappa shape index (κ1) is 23.9. The van der Waals surface area contributed by atoms with Crippen LogP contribution in [-0.4, -0.2) is 22.4 Å². The fraction of sp³-hybridized carbons (Fsp3) is 0.0625. The summed E-state index contributed by atoms with van der Waals surface area (Å²) in [5, 5.41) is 111. The molecule has 66 heavy (non-hydrogen) atoms. The molecule has 2 nitrogen and oxygen atoms in total. The van der Waals surface area contributed by atoms with Gasteiger partial charge in [-0.3, -0.25) is 0 Å². The Kier molecular flexibility index (Phi) is 1.88. The van der Waals surface area contributed by atoms with Crippen molar-refractivity contribution in [3.63, 3.8) is 0 Å². The lowest BCUT2D eigenvalue weighted by Crippen LogP contribution is -2.62. The second kappa shape index (κ2) is 5.19. The molecule has 0 radical (unpaired) electrons. The van der Waals surface area contributed by atoms with Gasteiger partial charge in [-0.2, -0.15) is 0 Å². The fourth-order valence-electron chi connectivity index (χ4n) is 24.8. The van der Waals surface area contributed by atoms with Crippen molar-refractivity contribution in [2.75, 3.05) is 0 Å². The molecule has 0 aliphatic heterocycles. The summed E-state index contributed by atoms with van der Waals surface area (Å²) in [6, 6.07) is 0. The molecule has 2 N–H and O–H groups in total. The minimum Gasteiger partial charge on any atom is -0.389 e. The fourth-order valence-corrected chi connectivity index (χ4v) is 24.8. The van der Waals surface area contributed by atoms with Gasteiger partial charge in [-0.25, -0.2) is 0 Å². The molecule has 0 amide bonds. The number of hydrogen-bond donors (Lipinski definition) is 2. The molecule has 0 aromatic heterocycles. The van der Waals surface area contributed by atoms with Gasteiger partial charge in [0.05, 0.1) is 23.0 Å². The molecule has 0 heterocycles. The highest BCUT2D eigenvalue weighted by molar-refractivity contribution is 6.82. The molecule has 0 bridgehead atoms. The lowest BCUT2D eigenvalue weighted by molar-refractivity contribution is -0.0173. The predicted octanol–water partition coefficient (Wildman–Crippen LogP) is 15.6. The molecule has 0 unspecified atom stereocenters. The normalized spacial score (nSPS) is 25.5. The van der Waals surface area contributed by atoms with Gasteiger partial charge in [-0.1, -0.05) is 12.2 Å². The van der Waals surface area contributed by atoms with Crippen LogP contribution in [0.5, 0.6) is 0 Å². The molecule has 274 valence electrons. The van der Waals surface area contributed by atoms with Crippen LogP contribution < -0.4 is 0 Å². The van der Waals surface area contributed by atoms with Gasteiger partial charge >= 0.3 is 0 Å². The number of aliphatic hydroxyl groups is 2. The van der Waals surface area contributed by atoms with Crippen molar-refractivity contribution >= 4 is 291 Å². The van der Waals surface area contributed by atoms with Crippen molar-refractivity contribution in [1.29, 1.82) is 0 Å². The first-order valence-corrected chi connectivity index (χ1v) is 24.6. The van der Waals surface area contributed by atoms with Crippen molar-refractivity contribution in [3.05, 3.63) is 34.4 Å². The largest absolute Gasteiger partial charge is 0.389 e. The maximum absolute atomic E-state index is 14.0. The summed E-state index contributed by atoms with van der Waals surface area (Å²) in [7, 11) is 0. The molecular weight excluding hydrogens is 801 g/mol. The summed E-state index contributed by atoms with van der Waals surface area (Å²) in [4.78, 5) is 0. The van der Waals surface area contributed by atoms with Gasteiger partial charge in [-0.15, -0.1) is 0 Å². The van der Waals surface area contributed by atoms with E-state index in [9.17, 15) is 10.2 Å². The summed E-state index contributed by atoms with van der Waals surface area (Å²) >= 11 is 0. The van der Waals surface area contributed by atoms with E-state index in [1.165, 1.54) is 86.9 Å². The van der Waals surface area contributed by atoms with Gasteiger partial charge in [0.1, 0.15) is 0 Å². The van der Waals surface area contributed by atoms with Crippen LogP contribution in [0, 0.1) is 0 Å². The zero-order valence-electron chi connectivity index (χ0n) is 33.2. The number of rotatable bonds is 0. The van der Waals surface area contributed by atoms with Crippen LogP contribution >= 0.6 is 0 Å². The van der Waals surface area contributed by atoms with E-state index in [2.05, 4.69) is 12.2 Å². The quantitative estimate of drug-likeness (QED) is 0.118. The van der Waals surface area contributed by atoms with E-state index in [1.807, 2.05) is 0 Å². The maximum Gasteiger partial charge on any atom is 0.0993 e. The highest BCUT2D eigenvalue weighted by Crippen LogP contribution is 2.85. The van der Waals surface area contributed by atoms with Crippen LogP contribution in [-0.2, 0) is 10.8 Å². The molecule has 33 rings (SSSR count). The standard InChI is InChI=1S/C64H6O2/c65-3-1-2-63-58-50-42-32-22-14-6-4-5-8-12-10(6)18-26-20(12)30-24-16(8)17-9(5)13-11-7(4)15(14)23-29-19(11)27-21(13)31-25(17)35-34(24)46-40(30)48-38(26)44(36(42)28(18)22)52(58)54(48)60-56(46)57-47(35)41(31)49-39(27)45-37(29)43(33(23)32)51(50)59(63)53(45)55(49)61(57)64(60,63)62(3)66/h1-3,62,65-66H/t3-,62+,63?,64?/m1/s1. The van der Waals surface area contributed by atoms with Crippen LogP contribution in [0.1, 0.15) is 22.3 Å². The summed E-state index contributed by atoms with van der Waals surface area (Å²) < 4.78 is 0. The van der Waals surface area contributed by atoms with Crippen LogP contribution in [0.3, 0.4) is 0 Å². The number of aliphatic hydroxyl groups excluding tert-OH is 2. The Morgan fingerprint density at radius 2 is 0.364 bits per heavy atom. The molecule has 5 aliphatic rings. The molecule has 0 fully saturated rings. The maximum atomic E-state index is 14.0. The van der Waals surface area contributed by atoms with E-state index in [4.69, 9.17) is 0 Å². The Morgan fingerprint density at radius 1 is 0.212 bits per heavy atom. The lowest BCUT2D eigenvalue weighted by Gasteiger charge is -2.57. The van der Waals surface area contributed by atoms with Gasteiger partial charge in [-0.05, 0) is 313 Å². The van der Waals surface area contributed by atoms with E-state index in [0.29, 0.717) is 0 Å². The second-order valence-corrected chi connectivity index (χ2v) is 24.7. The van der Waals surface area contributed by atoms with Crippen LogP contribution in [0.2, 0.25) is 0 Å². The SMILES string of the molecule is O[C@@H]1C=CC23c4c5c6c7c8c9c(c%10c%11c2c2c4c4c%12c5c5c6c6c8c8c%13c9c9c%10c%10c%11c%11c2c2c4c4c%12c%12c5c5c6c8c6c8c%13c9c9c%10c%10c%11c2c2c4c4c%12c5c6c5c8c9c%10c2c45)C73[C@H]1O. The monoisotopic (exact) mass is 806 g/mol. The molecule has 0 saturated heterocycles. The highest BCUT2D eigenvalue weighted by atomic mass is 16.3.